The molecule has 1 heterocycles. The van der Waals surface area contributed by atoms with Crippen molar-refractivity contribution in [1.29, 1.82) is 0 Å². The Kier molecular flexibility index (Phi) is 7.23. The van der Waals surface area contributed by atoms with E-state index in [9.17, 15) is 14.4 Å². The lowest BCUT2D eigenvalue weighted by atomic mass is 10.1. The van der Waals surface area contributed by atoms with Crippen molar-refractivity contribution >= 4 is 33.2 Å². The number of amidine groups is 1. The Bertz CT molecular complexity index is 764. The minimum absolute atomic E-state index is 0.00887. The van der Waals surface area contributed by atoms with Crippen molar-refractivity contribution in [3.05, 3.63) is 46.0 Å². The molecule has 134 valence electrons. The summed E-state index contributed by atoms with van der Waals surface area (Å²) in [5, 5.41) is 13.2. The molecular weight excluding hydrogens is 395 g/mol. The average molecular weight is 413 g/mol. The minimum Gasteiger partial charge on any atom is -0.364 e. The van der Waals surface area contributed by atoms with Crippen molar-refractivity contribution in [3.8, 4) is 0 Å². The molecular formula is C16H18BrFN4O3. The van der Waals surface area contributed by atoms with Gasteiger partial charge in [0.25, 0.3) is 0 Å². The molecule has 1 aromatic carbocycles. The number of carbonyl (C=O) groups excluding carboxylic acids is 1. The largest absolute Gasteiger partial charge is 0.364 e. The van der Waals surface area contributed by atoms with Crippen LogP contribution in [0.3, 0.4) is 0 Å². The third-order valence-corrected chi connectivity index (χ3v) is 4.03. The minimum atomic E-state index is -0.425. The number of unbranched alkanes of at least 4 members (excludes halogenated alkanes) is 1. The first-order valence-electron chi connectivity index (χ1n) is 7.64. The van der Waals surface area contributed by atoms with Gasteiger partial charge < -0.3 is 10.3 Å². The molecule has 0 saturated carbocycles. The third kappa shape index (κ3) is 5.45. The normalized spacial score (nSPS) is 11.6. The zero-order chi connectivity index (χ0) is 18.2. The molecule has 0 fully saturated rings. The number of nitrogens with zero attached hydrogens (tertiary/aromatic N) is 2. The number of halogens is 2. The Balaban J connectivity index is 2.18. The second-order valence-electron chi connectivity index (χ2n) is 5.31. The summed E-state index contributed by atoms with van der Waals surface area (Å²) in [6, 6.07) is 4.15. The maximum atomic E-state index is 13.3. The first-order valence-corrected chi connectivity index (χ1v) is 8.43. The van der Waals surface area contributed by atoms with E-state index in [1.165, 1.54) is 24.5 Å². The summed E-state index contributed by atoms with van der Waals surface area (Å²) in [6.45, 7) is 0.543. The van der Waals surface area contributed by atoms with Crippen LogP contribution >= 0.6 is 15.9 Å². The van der Waals surface area contributed by atoms with Crippen molar-refractivity contribution in [2.24, 2.45) is 10.7 Å². The molecule has 0 aliphatic carbocycles. The molecule has 0 atom stereocenters. The predicted octanol–water partition coefficient (Wildman–Crippen LogP) is 2.87. The number of benzene rings is 1. The second-order valence-corrected chi connectivity index (χ2v) is 6.16. The van der Waals surface area contributed by atoms with E-state index in [-0.39, 0.29) is 22.5 Å². The highest BCUT2D eigenvalue weighted by Crippen LogP contribution is 2.23. The lowest BCUT2D eigenvalue weighted by Gasteiger charge is -2.05. The molecule has 0 bridgehead atoms. The van der Waals surface area contributed by atoms with Crippen molar-refractivity contribution in [3.63, 3.8) is 0 Å². The highest BCUT2D eigenvalue weighted by atomic mass is 79.9. The van der Waals surface area contributed by atoms with Gasteiger partial charge in [-0.1, -0.05) is 5.16 Å². The van der Waals surface area contributed by atoms with E-state index < -0.39 is 5.82 Å². The summed E-state index contributed by atoms with van der Waals surface area (Å²) in [5.74, 6) is -0.388. The van der Waals surface area contributed by atoms with Crippen LogP contribution in [-0.2, 0) is 11.2 Å². The number of hydrogen-bond donors (Lipinski definition) is 3. The molecule has 4 N–H and O–H groups in total. The van der Waals surface area contributed by atoms with Crippen LogP contribution in [0.4, 0.5) is 10.1 Å². The smallest absolute Gasteiger partial charge is 0.162 e. The summed E-state index contributed by atoms with van der Waals surface area (Å²) < 4.78 is 18.5. The van der Waals surface area contributed by atoms with Crippen LogP contribution < -0.4 is 11.2 Å². The third-order valence-electron chi connectivity index (χ3n) is 3.42. The number of hydrogen-bond acceptors (Lipinski definition) is 6. The molecule has 2 aromatic rings. The van der Waals surface area contributed by atoms with Crippen molar-refractivity contribution in [1.82, 2.24) is 10.6 Å². The van der Waals surface area contributed by atoms with Gasteiger partial charge in [0.2, 0.25) is 0 Å². The summed E-state index contributed by atoms with van der Waals surface area (Å²) in [6.07, 6.45) is 3.23. The number of hydroxylamine groups is 1. The van der Waals surface area contributed by atoms with E-state index in [4.69, 9.17) is 10.3 Å². The van der Waals surface area contributed by atoms with Crippen LogP contribution in [0, 0.1) is 5.82 Å². The highest BCUT2D eigenvalue weighted by Gasteiger charge is 2.17. The van der Waals surface area contributed by atoms with Gasteiger partial charge in [-0.15, -0.1) is 0 Å². The molecule has 0 aliphatic rings. The van der Waals surface area contributed by atoms with Gasteiger partial charge in [-0.05, 0) is 53.5 Å². The quantitative estimate of drug-likeness (QED) is 0.266. The van der Waals surface area contributed by atoms with Gasteiger partial charge in [-0.25, -0.2) is 9.38 Å². The lowest BCUT2D eigenvalue weighted by Crippen LogP contribution is -2.21. The molecule has 1 aromatic heterocycles. The Morgan fingerprint density at radius 1 is 1.44 bits per heavy atom. The molecule has 0 amide bonds. The van der Waals surface area contributed by atoms with Gasteiger partial charge in [0.05, 0.1) is 22.1 Å². The average Bonchev–Trinajstić information content (AvgIpc) is 3.04. The van der Waals surface area contributed by atoms with Gasteiger partial charge in [0, 0.05) is 6.42 Å². The Morgan fingerprint density at radius 3 is 2.92 bits per heavy atom. The summed E-state index contributed by atoms with van der Waals surface area (Å²) in [4.78, 5) is 16.2. The summed E-state index contributed by atoms with van der Waals surface area (Å²) in [5.41, 5.74) is 8.49. The summed E-state index contributed by atoms with van der Waals surface area (Å²) >= 11 is 3.07. The fourth-order valence-corrected chi connectivity index (χ4v) is 2.52. The molecule has 0 radical (unpaired) electrons. The van der Waals surface area contributed by atoms with Gasteiger partial charge in [0.15, 0.2) is 5.84 Å². The maximum absolute atomic E-state index is 13.3. The Hall–Kier alpha value is -2.10. The SMILES string of the molecule is NCCCCC(=O)Cc1nocc1C(=Nc1ccc(F)c(Br)c1)NO. The number of nitrogens with two attached hydrogens (primary N) is 1. The van der Waals surface area contributed by atoms with Gasteiger partial charge in [0.1, 0.15) is 23.6 Å². The number of rotatable bonds is 8. The zero-order valence-corrected chi connectivity index (χ0v) is 14.9. The highest BCUT2D eigenvalue weighted by molar-refractivity contribution is 9.10. The van der Waals surface area contributed by atoms with E-state index in [0.717, 1.165) is 6.42 Å². The fourth-order valence-electron chi connectivity index (χ4n) is 2.15. The number of Topliss-reactive ketones (excluding diaryl/α,β-unsaturated/α-hetero) is 1. The molecule has 9 heteroatoms. The fraction of sp³-hybridized carbons (Fsp3) is 0.312. The van der Waals surface area contributed by atoms with Gasteiger partial charge in [-0.2, -0.15) is 0 Å². The molecule has 25 heavy (non-hydrogen) atoms. The number of ketones is 1. The van der Waals surface area contributed by atoms with E-state index in [1.807, 2.05) is 5.48 Å². The standard InChI is InChI=1S/C16H18BrFN4O3/c17-13-7-10(4-5-14(13)18)20-16(21-24)12-9-25-22-15(12)8-11(23)3-1-2-6-19/h4-5,7,9,24H,1-3,6,8,19H2,(H,20,21). The van der Waals surface area contributed by atoms with Crippen LogP contribution in [-0.4, -0.2) is 28.5 Å². The number of carbonyl (C=O) groups is 1. The van der Waals surface area contributed by atoms with E-state index >= 15 is 0 Å². The van der Waals surface area contributed by atoms with E-state index in [1.54, 1.807) is 0 Å². The van der Waals surface area contributed by atoms with Crippen molar-refractivity contribution in [2.45, 2.75) is 25.7 Å². The van der Waals surface area contributed by atoms with Crippen molar-refractivity contribution < 1.29 is 18.9 Å². The number of nitrogens with one attached hydrogen (secondary N) is 1. The first kappa shape index (κ1) is 19.2. The number of aromatic nitrogens is 1. The first-order chi connectivity index (χ1) is 12.0. The molecule has 0 saturated heterocycles. The van der Waals surface area contributed by atoms with Crippen LogP contribution in [0.15, 0.2) is 38.5 Å². The molecule has 0 aliphatic heterocycles. The van der Waals surface area contributed by atoms with E-state index in [2.05, 4.69) is 26.1 Å². The van der Waals surface area contributed by atoms with E-state index in [0.29, 0.717) is 36.3 Å². The summed E-state index contributed by atoms with van der Waals surface area (Å²) in [7, 11) is 0. The van der Waals surface area contributed by atoms with Crippen LogP contribution in [0.5, 0.6) is 0 Å². The van der Waals surface area contributed by atoms with Crippen LogP contribution in [0.25, 0.3) is 0 Å². The predicted molar refractivity (Wildman–Crippen MR) is 93.3 cm³/mol. The monoisotopic (exact) mass is 412 g/mol. The molecule has 0 spiro atoms. The number of aliphatic imine (C=N–C) groups is 1. The van der Waals surface area contributed by atoms with Crippen molar-refractivity contribution in [2.75, 3.05) is 6.54 Å². The molecule has 7 nitrogen and oxygen atoms in total. The van der Waals surface area contributed by atoms with Gasteiger partial charge in [-0.3, -0.25) is 15.5 Å². The lowest BCUT2D eigenvalue weighted by molar-refractivity contribution is -0.118. The zero-order valence-electron chi connectivity index (χ0n) is 13.3. The van der Waals surface area contributed by atoms with Crippen LogP contribution in [0.1, 0.15) is 30.5 Å². The van der Waals surface area contributed by atoms with Gasteiger partial charge >= 0.3 is 0 Å². The second kappa shape index (κ2) is 9.40. The Labute approximate surface area is 152 Å². The van der Waals surface area contributed by atoms with Crippen LogP contribution in [0.2, 0.25) is 0 Å². The maximum Gasteiger partial charge on any atom is 0.162 e. The topological polar surface area (TPSA) is 114 Å². The Morgan fingerprint density at radius 2 is 2.24 bits per heavy atom. The molecule has 2 rings (SSSR count). The molecule has 0 unspecified atom stereocenters.